The van der Waals surface area contributed by atoms with Gasteiger partial charge in [-0.05, 0) is 29.0 Å². The first-order valence-corrected chi connectivity index (χ1v) is 7.77. The zero-order valence-corrected chi connectivity index (χ0v) is 12.6. The zero-order valence-electron chi connectivity index (χ0n) is 12.6. The molecule has 1 saturated heterocycles. The largest absolute Gasteiger partial charge is 0.337 e. The van der Waals surface area contributed by atoms with Gasteiger partial charge >= 0.3 is 0 Å². The third-order valence-corrected chi connectivity index (χ3v) is 4.79. The molecule has 0 N–H and O–H groups in total. The smallest absolute Gasteiger partial charge is 0.266 e. The van der Waals surface area contributed by atoms with Crippen LogP contribution < -0.4 is 4.90 Å². The third-order valence-electron chi connectivity index (χ3n) is 4.79. The normalized spacial score (nSPS) is 24.5. The molecule has 2 heterocycles. The maximum Gasteiger partial charge on any atom is 0.266 e. The highest BCUT2D eigenvalue weighted by Gasteiger charge is 2.42. The van der Waals surface area contributed by atoms with E-state index in [1.807, 2.05) is 0 Å². The van der Waals surface area contributed by atoms with E-state index in [4.69, 9.17) is 4.52 Å². The van der Waals surface area contributed by atoms with Crippen molar-refractivity contribution >= 4 is 5.95 Å². The van der Waals surface area contributed by atoms with Gasteiger partial charge in [-0.25, -0.2) is 0 Å². The van der Waals surface area contributed by atoms with Gasteiger partial charge in [0.05, 0.1) is 0 Å². The fraction of sp³-hybridized carbons (Fsp3) is 0.529. The van der Waals surface area contributed by atoms with E-state index in [9.17, 15) is 0 Å². The van der Waals surface area contributed by atoms with Crippen molar-refractivity contribution in [3.05, 3.63) is 41.8 Å². The molecule has 1 aliphatic carbocycles. The van der Waals surface area contributed by atoms with Crippen LogP contribution in [0.2, 0.25) is 0 Å². The van der Waals surface area contributed by atoms with Gasteiger partial charge < -0.3 is 9.42 Å². The summed E-state index contributed by atoms with van der Waals surface area (Å²) < 4.78 is 5.41. The quantitative estimate of drug-likeness (QED) is 0.863. The second kappa shape index (κ2) is 4.58. The summed E-state index contributed by atoms with van der Waals surface area (Å²) >= 11 is 0. The minimum Gasteiger partial charge on any atom is -0.337 e. The summed E-state index contributed by atoms with van der Waals surface area (Å²) in [5, 5.41) is 4.19. The van der Waals surface area contributed by atoms with E-state index in [-0.39, 0.29) is 5.41 Å². The van der Waals surface area contributed by atoms with Crippen LogP contribution in [0.3, 0.4) is 0 Å². The van der Waals surface area contributed by atoms with E-state index in [1.54, 1.807) is 0 Å². The first kappa shape index (κ1) is 12.9. The SMILES string of the molecule is CC1(C)CN(c2noc(C3CC3)n2)C[C@H]1c1ccccc1. The molecule has 0 radical (unpaired) electrons. The Morgan fingerprint density at radius 2 is 1.95 bits per heavy atom. The van der Waals surface area contributed by atoms with E-state index in [1.165, 1.54) is 18.4 Å². The molecule has 0 spiro atoms. The van der Waals surface area contributed by atoms with Crippen molar-refractivity contribution in [3.8, 4) is 0 Å². The monoisotopic (exact) mass is 283 g/mol. The van der Waals surface area contributed by atoms with Crippen molar-refractivity contribution in [1.82, 2.24) is 10.1 Å². The Morgan fingerprint density at radius 1 is 1.19 bits per heavy atom. The van der Waals surface area contributed by atoms with Gasteiger partial charge in [0.1, 0.15) is 0 Å². The van der Waals surface area contributed by atoms with E-state index in [0.29, 0.717) is 11.8 Å². The number of anilines is 1. The van der Waals surface area contributed by atoms with Gasteiger partial charge in [-0.2, -0.15) is 4.98 Å². The highest BCUT2D eigenvalue weighted by Crippen LogP contribution is 2.44. The maximum atomic E-state index is 5.41. The molecule has 1 aromatic heterocycles. The average molecular weight is 283 g/mol. The summed E-state index contributed by atoms with van der Waals surface area (Å²) in [5.41, 5.74) is 1.61. The molecule has 0 unspecified atom stereocenters. The number of hydrogen-bond acceptors (Lipinski definition) is 4. The zero-order chi connectivity index (χ0) is 14.4. The van der Waals surface area contributed by atoms with Crippen molar-refractivity contribution in [2.75, 3.05) is 18.0 Å². The lowest BCUT2D eigenvalue weighted by Gasteiger charge is -2.25. The van der Waals surface area contributed by atoms with Gasteiger partial charge in [-0.1, -0.05) is 44.2 Å². The standard InChI is InChI=1S/C17H21N3O/c1-17(2)11-20(10-14(17)12-6-4-3-5-7-12)16-18-15(21-19-16)13-8-9-13/h3-7,13-14H,8-11H2,1-2H3/t14-/m0/s1. The fourth-order valence-electron chi connectivity index (χ4n) is 3.38. The van der Waals surface area contributed by atoms with Gasteiger partial charge in [-0.15, -0.1) is 0 Å². The van der Waals surface area contributed by atoms with Crippen LogP contribution >= 0.6 is 0 Å². The maximum absolute atomic E-state index is 5.41. The molecular formula is C17H21N3O. The van der Waals surface area contributed by atoms with Gasteiger partial charge in [-0.3, -0.25) is 0 Å². The highest BCUT2D eigenvalue weighted by molar-refractivity contribution is 5.37. The topological polar surface area (TPSA) is 42.2 Å². The van der Waals surface area contributed by atoms with E-state index < -0.39 is 0 Å². The molecule has 110 valence electrons. The van der Waals surface area contributed by atoms with Crippen molar-refractivity contribution < 1.29 is 4.52 Å². The number of nitrogens with zero attached hydrogens (tertiary/aromatic N) is 3. The molecule has 4 heteroatoms. The van der Waals surface area contributed by atoms with Crippen LogP contribution in [0.1, 0.15) is 50.0 Å². The fourth-order valence-corrected chi connectivity index (χ4v) is 3.38. The number of rotatable bonds is 3. The summed E-state index contributed by atoms with van der Waals surface area (Å²) in [6.07, 6.45) is 2.39. The molecule has 2 aromatic rings. The van der Waals surface area contributed by atoms with E-state index in [0.717, 1.165) is 24.9 Å². The van der Waals surface area contributed by atoms with Gasteiger partial charge in [0, 0.05) is 24.9 Å². The van der Waals surface area contributed by atoms with E-state index in [2.05, 4.69) is 59.2 Å². The van der Waals surface area contributed by atoms with Crippen molar-refractivity contribution in [3.63, 3.8) is 0 Å². The first-order valence-electron chi connectivity index (χ1n) is 7.77. The number of benzene rings is 1. The van der Waals surface area contributed by atoms with Gasteiger partial charge in [0.2, 0.25) is 5.89 Å². The Balaban J connectivity index is 1.58. The molecule has 1 aliphatic heterocycles. The predicted molar refractivity (Wildman–Crippen MR) is 81.5 cm³/mol. The number of aromatic nitrogens is 2. The summed E-state index contributed by atoms with van der Waals surface area (Å²) in [6.45, 7) is 6.58. The molecule has 4 rings (SSSR count). The van der Waals surface area contributed by atoms with E-state index >= 15 is 0 Å². The Morgan fingerprint density at radius 3 is 2.67 bits per heavy atom. The number of hydrogen-bond donors (Lipinski definition) is 0. The lowest BCUT2D eigenvalue weighted by atomic mass is 9.78. The van der Waals surface area contributed by atoms with Gasteiger partial charge in [0.15, 0.2) is 0 Å². The minimum atomic E-state index is 0.210. The second-order valence-electron chi connectivity index (χ2n) is 7.04. The summed E-state index contributed by atoms with van der Waals surface area (Å²) in [5.74, 6) is 2.61. The Kier molecular flexibility index (Phi) is 2.81. The highest BCUT2D eigenvalue weighted by atomic mass is 16.5. The Labute approximate surface area is 125 Å². The lowest BCUT2D eigenvalue weighted by molar-refractivity contribution is 0.364. The Hall–Kier alpha value is -1.84. The van der Waals surface area contributed by atoms with Crippen LogP contribution in [0.5, 0.6) is 0 Å². The molecule has 0 amide bonds. The van der Waals surface area contributed by atoms with Crippen molar-refractivity contribution in [2.24, 2.45) is 5.41 Å². The third kappa shape index (κ3) is 2.33. The van der Waals surface area contributed by atoms with Crippen molar-refractivity contribution in [1.29, 1.82) is 0 Å². The molecule has 2 fully saturated rings. The molecule has 1 atom stereocenters. The molecule has 1 aromatic carbocycles. The molecule has 21 heavy (non-hydrogen) atoms. The van der Waals surface area contributed by atoms with Crippen LogP contribution in [0, 0.1) is 5.41 Å². The van der Waals surface area contributed by atoms with Crippen LogP contribution in [0.25, 0.3) is 0 Å². The second-order valence-corrected chi connectivity index (χ2v) is 7.04. The molecular weight excluding hydrogens is 262 g/mol. The van der Waals surface area contributed by atoms with Crippen LogP contribution in [0.4, 0.5) is 5.95 Å². The predicted octanol–water partition coefficient (Wildman–Crippen LogP) is 3.58. The lowest BCUT2D eigenvalue weighted by Crippen LogP contribution is -2.24. The Bertz CT molecular complexity index is 630. The van der Waals surface area contributed by atoms with Crippen LogP contribution in [-0.2, 0) is 0 Å². The van der Waals surface area contributed by atoms with Gasteiger partial charge in [0.25, 0.3) is 5.95 Å². The average Bonchev–Trinajstić information content (AvgIpc) is 3.11. The molecule has 2 aliphatic rings. The summed E-state index contributed by atoms with van der Waals surface area (Å²) in [4.78, 5) is 6.87. The summed E-state index contributed by atoms with van der Waals surface area (Å²) in [7, 11) is 0. The molecule has 4 nitrogen and oxygen atoms in total. The minimum absolute atomic E-state index is 0.210. The van der Waals surface area contributed by atoms with Crippen molar-refractivity contribution in [2.45, 2.75) is 38.5 Å². The molecule has 0 bridgehead atoms. The van der Waals surface area contributed by atoms with Crippen LogP contribution in [0.15, 0.2) is 34.9 Å². The van der Waals surface area contributed by atoms with Crippen LogP contribution in [-0.4, -0.2) is 23.2 Å². The first-order chi connectivity index (χ1) is 10.1. The molecule has 1 saturated carbocycles. The summed E-state index contributed by atoms with van der Waals surface area (Å²) in [6, 6.07) is 10.8.